The number of urea groups is 1. The molecule has 0 aromatic heterocycles. The summed E-state index contributed by atoms with van der Waals surface area (Å²) in [5.74, 6) is 0.569. The predicted molar refractivity (Wildman–Crippen MR) is 99.9 cm³/mol. The van der Waals surface area contributed by atoms with Gasteiger partial charge in [0.2, 0.25) is 10.0 Å². The van der Waals surface area contributed by atoms with Crippen LogP contribution in [0.5, 0.6) is 5.75 Å². The fraction of sp³-hybridized carbons (Fsp3) is 0.235. The molecule has 0 fully saturated rings. The molecular formula is C17H20ClN3O4S. The van der Waals surface area contributed by atoms with Gasteiger partial charge in [-0.2, -0.15) is 0 Å². The lowest BCUT2D eigenvalue weighted by molar-refractivity contribution is 0.236. The Kier molecular flexibility index (Phi) is 7.26. The van der Waals surface area contributed by atoms with Gasteiger partial charge in [0, 0.05) is 6.54 Å². The summed E-state index contributed by atoms with van der Waals surface area (Å²) in [4.78, 5) is 11.8. The number of ether oxygens (including phenoxy) is 1. The predicted octanol–water partition coefficient (Wildman–Crippen LogP) is 1.91. The maximum atomic E-state index is 11.7. The van der Waals surface area contributed by atoms with Crippen LogP contribution in [-0.2, 0) is 16.4 Å². The number of carbonyl (C=O) groups is 1. The SMILES string of the molecule is NS(=O)(=O)c1ccc(CCNC(=O)NCCOc2ccccc2Cl)cc1. The fourth-order valence-corrected chi connectivity index (χ4v) is 2.82. The number of para-hydroxylation sites is 1. The average molecular weight is 398 g/mol. The van der Waals surface area contributed by atoms with Crippen LogP contribution in [0, 0.1) is 0 Å². The van der Waals surface area contributed by atoms with E-state index in [9.17, 15) is 13.2 Å². The van der Waals surface area contributed by atoms with E-state index in [0.717, 1.165) is 5.56 Å². The molecule has 9 heteroatoms. The van der Waals surface area contributed by atoms with E-state index in [-0.39, 0.29) is 10.9 Å². The molecular weight excluding hydrogens is 378 g/mol. The Hall–Kier alpha value is -2.29. The number of nitrogens with one attached hydrogen (secondary N) is 2. The Morgan fingerprint density at radius 2 is 1.69 bits per heavy atom. The van der Waals surface area contributed by atoms with Gasteiger partial charge in [-0.25, -0.2) is 18.4 Å². The number of sulfonamides is 1. The van der Waals surface area contributed by atoms with Gasteiger partial charge in [0.15, 0.2) is 0 Å². The van der Waals surface area contributed by atoms with Crippen LogP contribution < -0.4 is 20.5 Å². The molecule has 0 spiro atoms. The van der Waals surface area contributed by atoms with Crippen molar-refractivity contribution in [1.29, 1.82) is 0 Å². The van der Waals surface area contributed by atoms with Crippen molar-refractivity contribution >= 4 is 27.7 Å². The Morgan fingerprint density at radius 1 is 1.04 bits per heavy atom. The van der Waals surface area contributed by atoms with Crippen LogP contribution in [0.3, 0.4) is 0 Å². The number of benzene rings is 2. The summed E-state index contributed by atoms with van der Waals surface area (Å²) in [7, 11) is -3.69. The molecule has 0 unspecified atom stereocenters. The molecule has 2 amide bonds. The van der Waals surface area contributed by atoms with Gasteiger partial charge in [-0.15, -0.1) is 0 Å². The molecule has 0 aliphatic rings. The molecule has 2 rings (SSSR count). The van der Waals surface area contributed by atoms with Crippen molar-refractivity contribution in [2.24, 2.45) is 5.14 Å². The van der Waals surface area contributed by atoms with E-state index in [1.54, 1.807) is 24.3 Å². The summed E-state index contributed by atoms with van der Waals surface area (Å²) in [6.45, 7) is 1.04. The summed E-state index contributed by atoms with van der Waals surface area (Å²) >= 11 is 5.96. The van der Waals surface area contributed by atoms with E-state index >= 15 is 0 Å². The van der Waals surface area contributed by atoms with Crippen LogP contribution in [0.4, 0.5) is 4.79 Å². The molecule has 2 aromatic carbocycles. The van der Waals surface area contributed by atoms with Crippen LogP contribution >= 0.6 is 11.6 Å². The Bertz CT molecular complexity index is 841. The first-order chi connectivity index (χ1) is 12.4. The van der Waals surface area contributed by atoms with Gasteiger partial charge in [-0.3, -0.25) is 0 Å². The minimum atomic E-state index is -3.69. The molecule has 7 nitrogen and oxygen atoms in total. The molecule has 4 N–H and O–H groups in total. The van der Waals surface area contributed by atoms with Crippen LogP contribution in [0.15, 0.2) is 53.4 Å². The molecule has 0 saturated heterocycles. The van der Waals surface area contributed by atoms with E-state index in [1.807, 2.05) is 12.1 Å². The number of carbonyl (C=O) groups excluding carboxylic acids is 1. The lowest BCUT2D eigenvalue weighted by Gasteiger charge is -2.10. The molecule has 0 saturated carbocycles. The number of halogens is 1. The van der Waals surface area contributed by atoms with Crippen LogP contribution in [0.25, 0.3) is 0 Å². The zero-order valence-corrected chi connectivity index (χ0v) is 15.5. The van der Waals surface area contributed by atoms with Crippen molar-refractivity contribution in [3.8, 4) is 5.75 Å². The van der Waals surface area contributed by atoms with Crippen molar-refractivity contribution in [2.45, 2.75) is 11.3 Å². The topological polar surface area (TPSA) is 111 Å². The molecule has 0 radical (unpaired) electrons. The smallest absolute Gasteiger partial charge is 0.314 e. The van der Waals surface area contributed by atoms with E-state index < -0.39 is 10.0 Å². The Morgan fingerprint density at radius 3 is 2.35 bits per heavy atom. The third kappa shape index (κ3) is 6.55. The Labute approximate surface area is 157 Å². The van der Waals surface area contributed by atoms with E-state index in [1.165, 1.54) is 12.1 Å². The summed E-state index contributed by atoms with van der Waals surface area (Å²) < 4.78 is 27.8. The highest BCUT2D eigenvalue weighted by molar-refractivity contribution is 7.89. The molecule has 0 aliphatic carbocycles. The molecule has 140 valence electrons. The maximum absolute atomic E-state index is 11.7. The van der Waals surface area contributed by atoms with Crippen molar-refractivity contribution < 1.29 is 17.9 Å². The number of rotatable bonds is 8. The van der Waals surface area contributed by atoms with Gasteiger partial charge in [-0.05, 0) is 36.2 Å². The molecule has 26 heavy (non-hydrogen) atoms. The molecule has 0 aliphatic heterocycles. The minimum Gasteiger partial charge on any atom is -0.490 e. The molecule has 0 heterocycles. The van der Waals surface area contributed by atoms with Gasteiger partial charge in [0.1, 0.15) is 12.4 Å². The van der Waals surface area contributed by atoms with Crippen LogP contribution in [0.2, 0.25) is 5.02 Å². The first-order valence-corrected chi connectivity index (χ1v) is 9.79. The van der Waals surface area contributed by atoms with Gasteiger partial charge >= 0.3 is 6.03 Å². The number of hydrogen-bond acceptors (Lipinski definition) is 4. The summed E-state index contributed by atoms with van der Waals surface area (Å²) in [6.07, 6.45) is 0.564. The number of hydrogen-bond donors (Lipinski definition) is 3. The van der Waals surface area contributed by atoms with Gasteiger partial charge in [-0.1, -0.05) is 35.9 Å². The van der Waals surface area contributed by atoms with Crippen LogP contribution in [-0.4, -0.2) is 34.1 Å². The third-order valence-corrected chi connectivity index (χ3v) is 4.67. The second kappa shape index (κ2) is 9.42. The van der Waals surface area contributed by atoms with E-state index in [2.05, 4.69) is 10.6 Å². The van der Waals surface area contributed by atoms with Crippen molar-refractivity contribution in [1.82, 2.24) is 10.6 Å². The maximum Gasteiger partial charge on any atom is 0.314 e. The highest BCUT2D eigenvalue weighted by Gasteiger charge is 2.07. The van der Waals surface area contributed by atoms with Gasteiger partial charge in [0.05, 0.1) is 16.5 Å². The number of amides is 2. The summed E-state index contributed by atoms with van der Waals surface area (Å²) in [5.41, 5.74) is 0.889. The second-order valence-corrected chi connectivity index (χ2v) is 7.37. The third-order valence-electron chi connectivity index (χ3n) is 3.43. The lowest BCUT2D eigenvalue weighted by atomic mass is 10.1. The summed E-state index contributed by atoms with van der Waals surface area (Å²) in [6, 6.07) is 13.0. The Balaban J connectivity index is 1.64. The monoisotopic (exact) mass is 397 g/mol. The average Bonchev–Trinajstić information content (AvgIpc) is 2.60. The number of primary sulfonamides is 1. The molecule has 0 bridgehead atoms. The van der Waals surface area contributed by atoms with Crippen molar-refractivity contribution in [2.75, 3.05) is 19.7 Å². The second-order valence-electron chi connectivity index (χ2n) is 5.40. The zero-order chi connectivity index (χ0) is 19.0. The lowest BCUT2D eigenvalue weighted by Crippen LogP contribution is -2.38. The van der Waals surface area contributed by atoms with Gasteiger partial charge < -0.3 is 15.4 Å². The van der Waals surface area contributed by atoms with Crippen LogP contribution in [0.1, 0.15) is 5.56 Å². The zero-order valence-electron chi connectivity index (χ0n) is 13.9. The quantitative estimate of drug-likeness (QED) is 0.591. The standard InChI is InChI=1S/C17H20ClN3O4S/c18-15-3-1-2-4-16(15)25-12-11-21-17(22)20-10-9-13-5-7-14(8-6-13)26(19,23)24/h1-8H,9-12H2,(H2,19,23,24)(H2,20,21,22). The first kappa shape index (κ1) is 20.0. The normalized spacial score (nSPS) is 11.0. The van der Waals surface area contributed by atoms with Gasteiger partial charge in [0.25, 0.3) is 0 Å². The highest BCUT2D eigenvalue weighted by atomic mass is 35.5. The number of nitrogens with two attached hydrogens (primary N) is 1. The first-order valence-electron chi connectivity index (χ1n) is 7.87. The van der Waals surface area contributed by atoms with Crippen molar-refractivity contribution in [3.63, 3.8) is 0 Å². The van der Waals surface area contributed by atoms with E-state index in [4.69, 9.17) is 21.5 Å². The minimum absolute atomic E-state index is 0.0606. The highest BCUT2D eigenvalue weighted by Crippen LogP contribution is 2.22. The fourth-order valence-electron chi connectivity index (χ4n) is 2.12. The molecule has 0 atom stereocenters. The molecule has 2 aromatic rings. The summed E-state index contributed by atoms with van der Waals surface area (Å²) in [5, 5.41) is 10.9. The largest absolute Gasteiger partial charge is 0.490 e. The van der Waals surface area contributed by atoms with E-state index in [0.29, 0.717) is 36.9 Å². The van der Waals surface area contributed by atoms with Crippen molar-refractivity contribution in [3.05, 3.63) is 59.1 Å².